The molecule has 0 spiro atoms. The zero-order chi connectivity index (χ0) is 18.9. The average molecular weight is 366 g/mol. The molecule has 26 heavy (non-hydrogen) atoms. The molecule has 4 nitrogen and oxygen atoms in total. The van der Waals surface area contributed by atoms with Crippen molar-refractivity contribution in [2.24, 2.45) is 17.8 Å². The molecule has 0 aromatic heterocycles. The van der Waals surface area contributed by atoms with Crippen molar-refractivity contribution in [2.45, 2.75) is 64.1 Å². The van der Waals surface area contributed by atoms with E-state index in [1.54, 1.807) is 0 Å². The van der Waals surface area contributed by atoms with Crippen LogP contribution in [0.1, 0.15) is 51.9 Å². The molecule has 0 heterocycles. The standard InChI is InChI=1S/C22H39NO3/c1-4-5-6-7-19(24)8-9-20-21-15-17(14-18(21)16-22(20)25)10-12-26-13-11-23(2)3/h8-10,18-22,24-25H,4-7,11-16H2,1-3H3/t18-,19-,20+,21-,22+/m0/s1. The Labute approximate surface area is 159 Å². The van der Waals surface area contributed by atoms with E-state index in [0.717, 1.165) is 45.3 Å². The van der Waals surface area contributed by atoms with Crippen LogP contribution in [0.5, 0.6) is 0 Å². The van der Waals surface area contributed by atoms with Gasteiger partial charge in [-0.25, -0.2) is 0 Å². The van der Waals surface area contributed by atoms with Gasteiger partial charge in [0.2, 0.25) is 0 Å². The molecular formula is C22H39NO3. The number of likely N-dealkylation sites (N-methyl/N-ethyl adjacent to an activating group) is 1. The highest BCUT2D eigenvalue weighted by atomic mass is 16.5. The zero-order valence-corrected chi connectivity index (χ0v) is 16.9. The Kier molecular flexibility index (Phi) is 9.34. The summed E-state index contributed by atoms with van der Waals surface area (Å²) < 4.78 is 5.69. The van der Waals surface area contributed by atoms with Gasteiger partial charge in [-0.3, -0.25) is 0 Å². The van der Waals surface area contributed by atoms with Crippen molar-refractivity contribution in [2.75, 3.05) is 33.9 Å². The number of hydrogen-bond acceptors (Lipinski definition) is 4. The summed E-state index contributed by atoms with van der Waals surface area (Å²) in [6.45, 7) is 4.59. The number of ether oxygens (including phenoxy) is 1. The Morgan fingerprint density at radius 2 is 2.08 bits per heavy atom. The number of hydrogen-bond donors (Lipinski definition) is 2. The fourth-order valence-corrected chi connectivity index (χ4v) is 4.40. The topological polar surface area (TPSA) is 52.9 Å². The molecular weight excluding hydrogens is 326 g/mol. The molecule has 2 aliphatic rings. The summed E-state index contributed by atoms with van der Waals surface area (Å²) in [6.07, 6.45) is 13.0. The van der Waals surface area contributed by atoms with Crippen LogP contribution in [0.3, 0.4) is 0 Å². The van der Waals surface area contributed by atoms with Crippen LogP contribution in [0.15, 0.2) is 23.8 Å². The third-order valence-electron chi connectivity index (χ3n) is 5.94. The molecule has 2 rings (SSSR count). The van der Waals surface area contributed by atoms with Gasteiger partial charge in [0.05, 0.1) is 25.4 Å². The summed E-state index contributed by atoms with van der Waals surface area (Å²) in [5.41, 5.74) is 1.48. The first kappa shape index (κ1) is 21.6. The monoisotopic (exact) mass is 365 g/mol. The number of nitrogens with zero attached hydrogens (tertiary/aromatic N) is 1. The molecule has 0 saturated heterocycles. The lowest BCUT2D eigenvalue weighted by Gasteiger charge is -2.17. The Morgan fingerprint density at radius 3 is 2.81 bits per heavy atom. The number of rotatable bonds is 11. The van der Waals surface area contributed by atoms with E-state index in [1.807, 2.05) is 6.08 Å². The van der Waals surface area contributed by atoms with Crippen molar-refractivity contribution in [3.8, 4) is 0 Å². The molecule has 2 aliphatic carbocycles. The quantitative estimate of drug-likeness (QED) is 0.435. The minimum absolute atomic E-state index is 0.196. The van der Waals surface area contributed by atoms with E-state index in [4.69, 9.17) is 4.74 Å². The summed E-state index contributed by atoms with van der Waals surface area (Å²) >= 11 is 0. The summed E-state index contributed by atoms with van der Waals surface area (Å²) in [7, 11) is 4.11. The third kappa shape index (κ3) is 6.80. The zero-order valence-electron chi connectivity index (χ0n) is 16.9. The highest BCUT2D eigenvalue weighted by Gasteiger charge is 2.44. The lowest BCUT2D eigenvalue weighted by molar-refractivity contribution is 0.137. The maximum absolute atomic E-state index is 10.4. The number of aliphatic hydroxyl groups excluding tert-OH is 2. The molecule has 2 N–H and O–H groups in total. The molecule has 150 valence electrons. The van der Waals surface area contributed by atoms with Gasteiger partial charge in [0.1, 0.15) is 0 Å². The Balaban J connectivity index is 1.78. The number of aliphatic hydroxyl groups is 2. The Hall–Kier alpha value is -0.680. The molecule has 0 aromatic carbocycles. The second-order valence-corrected chi connectivity index (χ2v) is 8.40. The maximum Gasteiger partial charge on any atom is 0.0721 e. The smallest absolute Gasteiger partial charge is 0.0721 e. The van der Waals surface area contributed by atoms with Crippen LogP contribution in [-0.4, -0.2) is 61.2 Å². The van der Waals surface area contributed by atoms with Crippen molar-refractivity contribution in [3.05, 3.63) is 23.8 Å². The van der Waals surface area contributed by atoms with Crippen molar-refractivity contribution < 1.29 is 14.9 Å². The van der Waals surface area contributed by atoms with Gasteiger partial charge in [-0.15, -0.1) is 0 Å². The predicted molar refractivity (Wildman–Crippen MR) is 107 cm³/mol. The number of allylic oxidation sites excluding steroid dienone is 1. The summed E-state index contributed by atoms with van der Waals surface area (Å²) in [5, 5.41) is 20.5. The molecule has 2 fully saturated rings. The maximum atomic E-state index is 10.4. The Bertz CT molecular complexity index is 460. The number of unbranched alkanes of at least 4 members (excludes halogenated alkanes) is 2. The van der Waals surface area contributed by atoms with Crippen LogP contribution in [-0.2, 0) is 4.74 Å². The minimum Gasteiger partial charge on any atom is -0.392 e. The molecule has 0 unspecified atom stereocenters. The van der Waals surface area contributed by atoms with Gasteiger partial charge in [-0.2, -0.15) is 0 Å². The van der Waals surface area contributed by atoms with E-state index in [0.29, 0.717) is 18.4 Å². The molecule has 0 amide bonds. The molecule has 0 radical (unpaired) electrons. The van der Waals surface area contributed by atoms with E-state index in [2.05, 4.69) is 38.1 Å². The van der Waals surface area contributed by atoms with Crippen LogP contribution in [0, 0.1) is 17.8 Å². The second kappa shape index (κ2) is 11.2. The molecule has 0 bridgehead atoms. The normalized spacial score (nSPS) is 31.4. The Morgan fingerprint density at radius 1 is 1.27 bits per heavy atom. The third-order valence-corrected chi connectivity index (χ3v) is 5.94. The first-order valence-electron chi connectivity index (χ1n) is 10.5. The van der Waals surface area contributed by atoms with E-state index in [1.165, 1.54) is 18.4 Å². The average Bonchev–Trinajstić information content (AvgIpc) is 3.09. The SMILES string of the molecule is CCCCC[C@H](O)C=C[C@@H]1[C@H]2CC(=CCOCCN(C)C)C[C@H]2C[C@H]1O. The second-order valence-electron chi connectivity index (χ2n) is 8.40. The predicted octanol–water partition coefficient (Wildman–Crippen LogP) is 3.40. The molecule has 4 heteroatoms. The van der Waals surface area contributed by atoms with Crippen molar-refractivity contribution in [1.82, 2.24) is 4.90 Å². The molecule has 2 saturated carbocycles. The summed E-state index contributed by atoms with van der Waals surface area (Å²) in [4.78, 5) is 2.13. The summed E-state index contributed by atoms with van der Waals surface area (Å²) in [6, 6.07) is 0. The van der Waals surface area contributed by atoms with E-state index >= 15 is 0 Å². The van der Waals surface area contributed by atoms with Gasteiger partial charge in [-0.05, 0) is 51.6 Å². The van der Waals surface area contributed by atoms with Gasteiger partial charge >= 0.3 is 0 Å². The van der Waals surface area contributed by atoms with Gasteiger partial charge < -0.3 is 19.8 Å². The van der Waals surface area contributed by atoms with Crippen LogP contribution >= 0.6 is 0 Å². The fraction of sp³-hybridized carbons (Fsp3) is 0.818. The van der Waals surface area contributed by atoms with Crippen LogP contribution in [0.4, 0.5) is 0 Å². The minimum atomic E-state index is -0.366. The number of fused-ring (bicyclic) bond motifs is 1. The first-order valence-corrected chi connectivity index (χ1v) is 10.5. The molecule has 5 atom stereocenters. The lowest BCUT2D eigenvalue weighted by Crippen LogP contribution is -2.18. The van der Waals surface area contributed by atoms with Crippen LogP contribution < -0.4 is 0 Å². The van der Waals surface area contributed by atoms with Crippen molar-refractivity contribution >= 4 is 0 Å². The van der Waals surface area contributed by atoms with Crippen LogP contribution in [0.2, 0.25) is 0 Å². The van der Waals surface area contributed by atoms with Gasteiger partial charge in [0.15, 0.2) is 0 Å². The van der Waals surface area contributed by atoms with E-state index in [-0.39, 0.29) is 18.1 Å². The highest BCUT2D eigenvalue weighted by molar-refractivity contribution is 5.18. The van der Waals surface area contributed by atoms with Gasteiger partial charge in [0.25, 0.3) is 0 Å². The fourth-order valence-electron chi connectivity index (χ4n) is 4.40. The van der Waals surface area contributed by atoms with E-state index < -0.39 is 0 Å². The largest absolute Gasteiger partial charge is 0.392 e. The first-order chi connectivity index (χ1) is 12.5. The van der Waals surface area contributed by atoms with Crippen molar-refractivity contribution in [1.29, 1.82) is 0 Å². The molecule has 0 aliphatic heterocycles. The van der Waals surface area contributed by atoms with E-state index in [9.17, 15) is 10.2 Å². The van der Waals surface area contributed by atoms with Gasteiger partial charge in [0, 0.05) is 12.5 Å². The molecule has 0 aromatic rings. The lowest BCUT2D eigenvalue weighted by atomic mass is 9.90. The highest BCUT2D eigenvalue weighted by Crippen LogP contribution is 2.50. The van der Waals surface area contributed by atoms with Gasteiger partial charge in [-0.1, -0.05) is 50.0 Å². The van der Waals surface area contributed by atoms with Crippen molar-refractivity contribution in [3.63, 3.8) is 0 Å². The summed E-state index contributed by atoms with van der Waals surface area (Å²) in [5.74, 6) is 1.31. The van der Waals surface area contributed by atoms with Crippen LogP contribution in [0.25, 0.3) is 0 Å².